The van der Waals surface area contributed by atoms with Gasteiger partial charge in [-0.25, -0.2) is 9.97 Å². The van der Waals surface area contributed by atoms with Crippen molar-refractivity contribution in [2.24, 2.45) is 0 Å². The fourth-order valence-electron chi connectivity index (χ4n) is 3.26. The highest BCUT2D eigenvalue weighted by atomic mass is 32.1. The highest BCUT2D eigenvalue weighted by Crippen LogP contribution is 2.31. The third-order valence-corrected chi connectivity index (χ3v) is 5.44. The van der Waals surface area contributed by atoms with Crippen LogP contribution in [-0.4, -0.2) is 47.0 Å². The second-order valence-corrected chi connectivity index (χ2v) is 7.55. The van der Waals surface area contributed by atoms with E-state index in [9.17, 15) is 4.79 Å². The number of thiophene rings is 1. The number of rotatable bonds is 2. The van der Waals surface area contributed by atoms with Gasteiger partial charge in [0.2, 0.25) is 0 Å². The molecule has 3 heterocycles. The Morgan fingerprint density at radius 3 is 2.48 bits per heavy atom. The number of hydrogen-bond donors (Lipinski definition) is 0. The van der Waals surface area contributed by atoms with Crippen molar-refractivity contribution in [2.75, 3.05) is 31.1 Å². The summed E-state index contributed by atoms with van der Waals surface area (Å²) in [5, 5.41) is 1.12. The van der Waals surface area contributed by atoms with E-state index in [1.54, 1.807) is 11.3 Å². The lowest BCUT2D eigenvalue weighted by molar-refractivity contribution is 0.0746. The molecular formula is C19H20N4OS. The lowest BCUT2D eigenvalue weighted by Crippen LogP contribution is -2.49. The van der Waals surface area contributed by atoms with Gasteiger partial charge >= 0.3 is 0 Å². The van der Waals surface area contributed by atoms with E-state index in [2.05, 4.69) is 27.9 Å². The standard InChI is InChI=1S/C19H20N4OS/c1-13-12-16-17(20-14(2)21-18(16)25-13)22-8-10-23(11-9-22)19(24)15-6-4-3-5-7-15/h3-7,12H,8-11H2,1-2H3. The van der Waals surface area contributed by atoms with E-state index in [1.165, 1.54) is 4.88 Å². The minimum Gasteiger partial charge on any atom is -0.352 e. The lowest BCUT2D eigenvalue weighted by Gasteiger charge is -2.35. The molecule has 1 fully saturated rings. The molecule has 25 heavy (non-hydrogen) atoms. The number of nitrogens with zero attached hydrogens (tertiary/aromatic N) is 4. The van der Waals surface area contributed by atoms with Crippen molar-refractivity contribution in [1.29, 1.82) is 0 Å². The molecule has 1 saturated heterocycles. The maximum Gasteiger partial charge on any atom is 0.253 e. The largest absolute Gasteiger partial charge is 0.352 e. The second-order valence-electron chi connectivity index (χ2n) is 6.32. The van der Waals surface area contributed by atoms with Gasteiger partial charge in [-0.3, -0.25) is 4.79 Å². The fraction of sp³-hybridized carbons (Fsp3) is 0.316. The molecule has 0 spiro atoms. The molecule has 0 atom stereocenters. The minimum absolute atomic E-state index is 0.107. The van der Waals surface area contributed by atoms with Crippen molar-refractivity contribution in [2.45, 2.75) is 13.8 Å². The average molecular weight is 352 g/mol. The Morgan fingerprint density at radius 1 is 1.04 bits per heavy atom. The van der Waals surface area contributed by atoms with Crippen LogP contribution < -0.4 is 4.90 Å². The first-order chi connectivity index (χ1) is 12.1. The Hall–Kier alpha value is -2.47. The van der Waals surface area contributed by atoms with Crippen molar-refractivity contribution in [3.63, 3.8) is 0 Å². The Morgan fingerprint density at radius 2 is 1.76 bits per heavy atom. The van der Waals surface area contributed by atoms with E-state index >= 15 is 0 Å². The third-order valence-electron chi connectivity index (χ3n) is 4.49. The molecule has 6 heteroatoms. The van der Waals surface area contributed by atoms with Crippen LogP contribution in [-0.2, 0) is 0 Å². The maximum atomic E-state index is 12.6. The number of fused-ring (bicyclic) bond motifs is 1. The van der Waals surface area contributed by atoms with Gasteiger partial charge in [0, 0.05) is 36.6 Å². The highest BCUT2D eigenvalue weighted by Gasteiger charge is 2.24. The molecule has 0 unspecified atom stereocenters. The summed E-state index contributed by atoms with van der Waals surface area (Å²) in [5.74, 6) is 1.90. The summed E-state index contributed by atoms with van der Waals surface area (Å²) in [6.07, 6.45) is 0. The second kappa shape index (κ2) is 6.44. The molecule has 128 valence electrons. The van der Waals surface area contributed by atoms with E-state index in [1.807, 2.05) is 42.2 Å². The van der Waals surface area contributed by atoms with Crippen LogP contribution >= 0.6 is 11.3 Å². The molecule has 0 aliphatic carbocycles. The molecule has 0 saturated carbocycles. The molecule has 0 radical (unpaired) electrons. The van der Waals surface area contributed by atoms with Gasteiger partial charge in [0.25, 0.3) is 5.91 Å². The Kier molecular flexibility index (Phi) is 4.13. The van der Waals surface area contributed by atoms with E-state index in [-0.39, 0.29) is 5.91 Å². The molecule has 1 aliphatic heterocycles. The van der Waals surface area contributed by atoms with Gasteiger partial charge in [-0.1, -0.05) is 18.2 Å². The summed E-state index contributed by atoms with van der Waals surface area (Å²) < 4.78 is 0. The van der Waals surface area contributed by atoms with Crippen molar-refractivity contribution in [1.82, 2.24) is 14.9 Å². The molecule has 1 aliphatic rings. The SMILES string of the molecule is Cc1nc(N2CCN(C(=O)c3ccccc3)CC2)c2cc(C)sc2n1. The van der Waals surface area contributed by atoms with E-state index < -0.39 is 0 Å². The monoisotopic (exact) mass is 352 g/mol. The number of carbonyl (C=O) groups excluding carboxylic acids is 1. The van der Waals surface area contributed by atoms with Crippen LogP contribution in [0.4, 0.5) is 5.82 Å². The summed E-state index contributed by atoms with van der Waals surface area (Å²) in [4.78, 5) is 28.3. The Bertz CT molecular complexity index is 914. The molecule has 1 aromatic carbocycles. The number of hydrogen-bond acceptors (Lipinski definition) is 5. The summed E-state index contributed by atoms with van der Waals surface area (Å²) in [6, 6.07) is 11.7. The first kappa shape index (κ1) is 16.0. The Balaban J connectivity index is 1.54. The van der Waals surface area contributed by atoms with Crippen LogP contribution in [0.3, 0.4) is 0 Å². The first-order valence-electron chi connectivity index (χ1n) is 8.46. The zero-order chi connectivity index (χ0) is 17.4. The minimum atomic E-state index is 0.107. The number of carbonyl (C=O) groups is 1. The van der Waals surface area contributed by atoms with Gasteiger partial charge in [0.05, 0.1) is 5.39 Å². The first-order valence-corrected chi connectivity index (χ1v) is 9.27. The topological polar surface area (TPSA) is 49.3 Å². The van der Waals surface area contributed by atoms with E-state index in [0.717, 1.165) is 40.5 Å². The fourth-order valence-corrected chi connectivity index (χ4v) is 4.18. The molecule has 5 nitrogen and oxygen atoms in total. The van der Waals surface area contributed by atoms with Crippen LogP contribution in [0.2, 0.25) is 0 Å². The number of piperazine rings is 1. The summed E-state index contributed by atoms with van der Waals surface area (Å²) in [5.41, 5.74) is 0.754. The molecule has 1 amide bonds. The number of aryl methyl sites for hydroxylation is 2. The Labute approximate surface area is 150 Å². The molecular weight excluding hydrogens is 332 g/mol. The molecule has 4 rings (SSSR count). The predicted octanol–water partition coefficient (Wildman–Crippen LogP) is 3.27. The number of benzene rings is 1. The van der Waals surface area contributed by atoms with Gasteiger partial charge in [0.1, 0.15) is 16.5 Å². The number of amides is 1. The quantitative estimate of drug-likeness (QED) is 0.710. The number of anilines is 1. The third kappa shape index (κ3) is 3.09. The van der Waals surface area contributed by atoms with Gasteiger partial charge in [-0.05, 0) is 32.0 Å². The smallest absolute Gasteiger partial charge is 0.253 e. The highest BCUT2D eigenvalue weighted by molar-refractivity contribution is 7.18. The molecule has 0 bridgehead atoms. The molecule has 0 N–H and O–H groups in total. The van der Waals surface area contributed by atoms with Crippen molar-refractivity contribution < 1.29 is 4.79 Å². The maximum absolute atomic E-state index is 12.6. The predicted molar refractivity (Wildman–Crippen MR) is 101 cm³/mol. The number of aromatic nitrogens is 2. The van der Waals surface area contributed by atoms with Crippen molar-refractivity contribution in [3.05, 3.63) is 52.7 Å². The summed E-state index contributed by atoms with van der Waals surface area (Å²) in [7, 11) is 0. The average Bonchev–Trinajstić information content (AvgIpc) is 3.01. The van der Waals surface area contributed by atoms with Crippen LogP contribution in [0, 0.1) is 13.8 Å². The van der Waals surface area contributed by atoms with Gasteiger partial charge in [-0.2, -0.15) is 0 Å². The summed E-state index contributed by atoms with van der Waals surface area (Å²) in [6.45, 7) is 7.04. The van der Waals surface area contributed by atoms with Crippen molar-refractivity contribution >= 4 is 33.3 Å². The summed E-state index contributed by atoms with van der Waals surface area (Å²) >= 11 is 1.70. The van der Waals surface area contributed by atoms with Gasteiger partial charge in [0.15, 0.2) is 0 Å². The molecule has 3 aromatic rings. The van der Waals surface area contributed by atoms with Gasteiger partial charge in [-0.15, -0.1) is 11.3 Å². The van der Waals surface area contributed by atoms with Crippen LogP contribution in [0.1, 0.15) is 21.1 Å². The molecule has 2 aromatic heterocycles. The van der Waals surface area contributed by atoms with Crippen LogP contribution in [0.15, 0.2) is 36.4 Å². The van der Waals surface area contributed by atoms with Crippen molar-refractivity contribution in [3.8, 4) is 0 Å². The van der Waals surface area contributed by atoms with Crippen LogP contribution in [0.5, 0.6) is 0 Å². The normalized spacial score (nSPS) is 15.0. The van der Waals surface area contributed by atoms with Gasteiger partial charge < -0.3 is 9.80 Å². The van der Waals surface area contributed by atoms with E-state index in [4.69, 9.17) is 0 Å². The lowest BCUT2D eigenvalue weighted by atomic mass is 10.2. The zero-order valence-electron chi connectivity index (χ0n) is 14.4. The van der Waals surface area contributed by atoms with Crippen LogP contribution in [0.25, 0.3) is 10.2 Å². The zero-order valence-corrected chi connectivity index (χ0v) is 15.2. The van der Waals surface area contributed by atoms with E-state index in [0.29, 0.717) is 13.1 Å².